The van der Waals surface area contributed by atoms with Crippen molar-refractivity contribution in [1.29, 1.82) is 0 Å². The molecule has 98 valence electrons. The van der Waals surface area contributed by atoms with Gasteiger partial charge in [0.2, 0.25) is 0 Å². The summed E-state index contributed by atoms with van der Waals surface area (Å²) in [7, 11) is 1.85. The van der Waals surface area contributed by atoms with Gasteiger partial charge in [-0.1, -0.05) is 6.07 Å². The Balaban J connectivity index is 2.18. The highest BCUT2D eigenvalue weighted by molar-refractivity contribution is 9.10. The van der Waals surface area contributed by atoms with E-state index >= 15 is 0 Å². The highest BCUT2D eigenvalue weighted by Gasteiger charge is 2.08. The van der Waals surface area contributed by atoms with E-state index in [9.17, 15) is 4.79 Å². The molecule has 0 saturated heterocycles. The first-order valence-electron chi connectivity index (χ1n) is 5.95. The third-order valence-corrected chi connectivity index (χ3v) is 3.50. The van der Waals surface area contributed by atoms with Gasteiger partial charge in [0, 0.05) is 22.8 Å². The Morgan fingerprint density at radius 3 is 2.42 bits per heavy atom. The van der Waals surface area contributed by atoms with Gasteiger partial charge in [-0.25, -0.2) is 0 Å². The molecule has 0 unspecified atom stereocenters. The van der Waals surface area contributed by atoms with Crippen molar-refractivity contribution in [3.8, 4) is 0 Å². The van der Waals surface area contributed by atoms with E-state index in [2.05, 4.69) is 26.6 Å². The van der Waals surface area contributed by atoms with E-state index in [4.69, 9.17) is 0 Å². The lowest BCUT2D eigenvalue weighted by Crippen LogP contribution is -2.12. The first-order valence-corrected chi connectivity index (χ1v) is 6.75. The summed E-state index contributed by atoms with van der Waals surface area (Å²) < 4.78 is 0.873. The predicted octanol–water partition coefficient (Wildman–Crippen LogP) is 4.05. The molecule has 2 N–H and O–H groups in total. The number of hydrogen-bond donors (Lipinski definition) is 2. The molecule has 0 fully saturated rings. The smallest absolute Gasteiger partial charge is 0.255 e. The van der Waals surface area contributed by atoms with Crippen LogP contribution in [-0.4, -0.2) is 13.0 Å². The number of amides is 1. The first kappa shape index (κ1) is 13.6. The van der Waals surface area contributed by atoms with Gasteiger partial charge in [-0.15, -0.1) is 0 Å². The molecule has 0 aliphatic rings. The van der Waals surface area contributed by atoms with E-state index in [1.807, 2.05) is 44.3 Å². The van der Waals surface area contributed by atoms with Crippen molar-refractivity contribution in [2.75, 3.05) is 17.7 Å². The van der Waals surface area contributed by atoms with E-state index < -0.39 is 0 Å². The van der Waals surface area contributed by atoms with Crippen LogP contribution < -0.4 is 10.6 Å². The minimum atomic E-state index is -0.117. The zero-order valence-electron chi connectivity index (χ0n) is 10.8. The van der Waals surface area contributed by atoms with Crippen molar-refractivity contribution in [2.45, 2.75) is 6.92 Å². The molecule has 0 bridgehead atoms. The Morgan fingerprint density at radius 1 is 1.11 bits per heavy atom. The maximum Gasteiger partial charge on any atom is 0.255 e. The number of halogens is 1. The highest BCUT2D eigenvalue weighted by Crippen LogP contribution is 2.24. The van der Waals surface area contributed by atoms with Crippen LogP contribution in [-0.2, 0) is 0 Å². The fraction of sp³-hybridized carbons (Fsp3) is 0.133. The highest BCUT2D eigenvalue weighted by atomic mass is 79.9. The van der Waals surface area contributed by atoms with Crippen molar-refractivity contribution in [3.05, 3.63) is 58.1 Å². The van der Waals surface area contributed by atoms with Crippen LogP contribution in [0.4, 0.5) is 11.4 Å². The van der Waals surface area contributed by atoms with Crippen molar-refractivity contribution in [2.24, 2.45) is 0 Å². The Kier molecular flexibility index (Phi) is 4.22. The van der Waals surface area contributed by atoms with Crippen LogP contribution in [0.1, 0.15) is 15.9 Å². The standard InChI is InChI=1S/C15H15BrN2O/c1-10-3-8-13(16)14(9-10)18-15(19)11-4-6-12(17-2)7-5-11/h3-9,17H,1-2H3,(H,18,19). The van der Waals surface area contributed by atoms with Gasteiger partial charge in [0.25, 0.3) is 5.91 Å². The molecule has 4 heteroatoms. The van der Waals surface area contributed by atoms with Crippen LogP contribution in [0.5, 0.6) is 0 Å². The van der Waals surface area contributed by atoms with Gasteiger partial charge >= 0.3 is 0 Å². The van der Waals surface area contributed by atoms with Crippen molar-refractivity contribution >= 4 is 33.2 Å². The average Bonchev–Trinajstić information content (AvgIpc) is 2.43. The molecule has 0 aliphatic carbocycles. The molecule has 2 aromatic rings. The largest absolute Gasteiger partial charge is 0.388 e. The van der Waals surface area contributed by atoms with Gasteiger partial charge in [0.05, 0.1) is 5.69 Å². The van der Waals surface area contributed by atoms with Gasteiger partial charge in [-0.05, 0) is 64.8 Å². The van der Waals surface area contributed by atoms with Crippen LogP contribution in [0.25, 0.3) is 0 Å². The van der Waals surface area contributed by atoms with Crippen LogP contribution in [0.15, 0.2) is 46.9 Å². The average molecular weight is 319 g/mol. The molecule has 0 spiro atoms. The number of benzene rings is 2. The molecule has 2 rings (SSSR count). The minimum Gasteiger partial charge on any atom is -0.388 e. The van der Waals surface area contributed by atoms with Crippen LogP contribution >= 0.6 is 15.9 Å². The first-order chi connectivity index (χ1) is 9.10. The number of nitrogens with one attached hydrogen (secondary N) is 2. The number of rotatable bonds is 3. The molecule has 0 atom stereocenters. The Hall–Kier alpha value is -1.81. The fourth-order valence-corrected chi connectivity index (χ4v) is 2.06. The van der Waals surface area contributed by atoms with Crippen molar-refractivity contribution in [3.63, 3.8) is 0 Å². The second kappa shape index (κ2) is 5.89. The lowest BCUT2D eigenvalue weighted by atomic mass is 10.1. The zero-order valence-corrected chi connectivity index (χ0v) is 12.4. The Labute approximate surface area is 121 Å². The summed E-state index contributed by atoms with van der Waals surface area (Å²) in [5.74, 6) is -0.117. The number of carbonyl (C=O) groups is 1. The summed E-state index contributed by atoms with van der Waals surface area (Å²) in [5.41, 5.74) is 3.49. The second-order valence-corrected chi connectivity index (χ2v) is 5.12. The van der Waals surface area contributed by atoms with Gasteiger partial charge in [-0.3, -0.25) is 4.79 Å². The topological polar surface area (TPSA) is 41.1 Å². The number of anilines is 2. The molecule has 19 heavy (non-hydrogen) atoms. The molecule has 0 saturated carbocycles. The number of hydrogen-bond acceptors (Lipinski definition) is 2. The normalized spacial score (nSPS) is 10.1. The zero-order chi connectivity index (χ0) is 13.8. The van der Waals surface area contributed by atoms with Gasteiger partial charge in [0.15, 0.2) is 0 Å². The SMILES string of the molecule is CNc1ccc(C(=O)Nc2cc(C)ccc2Br)cc1. The Morgan fingerprint density at radius 2 is 1.79 bits per heavy atom. The maximum atomic E-state index is 12.1. The van der Waals surface area contributed by atoms with Crippen molar-refractivity contribution < 1.29 is 4.79 Å². The molecule has 1 amide bonds. The third-order valence-electron chi connectivity index (χ3n) is 2.81. The Bertz CT molecular complexity index is 594. The maximum absolute atomic E-state index is 12.1. The summed E-state index contributed by atoms with van der Waals surface area (Å²) in [6.07, 6.45) is 0. The fourth-order valence-electron chi connectivity index (χ4n) is 1.72. The molecule has 0 heterocycles. The minimum absolute atomic E-state index is 0.117. The summed E-state index contributed by atoms with van der Waals surface area (Å²) in [6.45, 7) is 1.99. The van der Waals surface area contributed by atoms with E-state index in [-0.39, 0.29) is 5.91 Å². The summed E-state index contributed by atoms with van der Waals surface area (Å²) in [5, 5.41) is 5.92. The predicted molar refractivity (Wildman–Crippen MR) is 82.8 cm³/mol. The molecular formula is C15H15BrN2O. The number of aryl methyl sites for hydroxylation is 1. The van der Waals surface area contributed by atoms with Crippen LogP contribution in [0, 0.1) is 6.92 Å². The van der Waals surface area contributed by atoms with E-state index in [1.54, 1.807) is 12.1 Å². The van der Waals surface area contributed by atoms with Crippen LogP contribution in [0.3, 0.4) is 0 Å². The second-order valence-electron chi connectivity index (χ2n) is 4.26. The monoisotopic (exact) mass is 318 g/mol. The third kappa shape index (κ3) is 3.35. The van der Waals surface area contributed by atoms with E-state index in [0.29, 0.717) is 5.56 Å². The number of carbonyl (C=O) groups excluding carboxylic acids is 1. The van der Waals surface area contributed by atoms with E-state index in [0.717, 1.165) is 21.4 Å². The summed E-state index contributed by atoms with van der Waals surface area (Å²) in [6, 6.07) is 13.2. The lowest BCUT2D eigenvalue weighted by Gasteiger charge is -2.09. The molecule has 0 radical (unpaired) electrons. The molecule has 0 aliphatic heterocycles. The summed E-state index contributed by atoms with van der Waals surface area (Å²) in [4.78, 5) is 12.1. The van der Waals surface area contributed by atoms with Gasteiger partial charge in [0.1, 0.15) is 0 Å². The summed E-state index contributed by atoms with van der Waals surface area (Å²) >= 11 is 3.43. The van der Waals surface area contributed by atoms with Crippen molar-refractivity contribution in [1.82, 2.24) is 0 Å². The lowest BCUT2D eigenvalue weighted by molar-refractivity contribution is 0.102. The van der Waals surface area contributed by atoms with Crippen LogP contribution in [0.2, 0.25) is 0 Å². The molecule has 0 aromatic heterocycles. The molecule has 3 nitrogen and oxygen atoms in total. The van der Waals surface area contributed by atoms with E-state index in [1.165, 1.54) is 0 Å². The molecular weight excluding hydrogens is 304 g/mol. The quantitative estimate of drug-likeness (QED) is 0.896. The van der Waals surface area contributed by atoms with Gasteiger partial charge in [-0.2, -0.15) is 0 Å². The van der Waals surface area contributed by atoms with Gasteiger partial charge < -0.3 is 10.6 Å². The molecule has 2 aromatic carbocycles.